The minimum atomic E-state index is -0.385. The van der Waals surface area contributed by atoms with Crippen molar-refractivity contribution in [2.45, 2.75) is 18.2 Å². The molecule has 7 heteroatoms. The average molecular weight is 556 g/mol. The van der Waals surface area contributed by atoms with E-state index in [1.54, 1.807) is 18.4 Å². The number of carbonyl (C=O) groups is 1. The van der Waals surface area contributed by atoms with Crippen LogP contribution in [-0.2, 0) is 4.79 Å². The van der Waals surface area contributed by atoms with Crippen LogP contribution in [-0.4, -0.2) is 12.1 Å². The first kappa shape index (κ1) is 27.9. The lowest BCUT2D eigenvalue weighted by Gasteiger charge is -2.18. The molecule has 0 spiro atoms. The van der Waals surface area contributed by atoms with Crippen molar-refractivity contribution in [1.82, 2.24) is 4.72 Å². The van der Waals surface area contributed by atoms with Gasteiger partial charge in [0.1, 0.15) is 5.82 Å². The summed E-state index contributed by atoms with van der Waals surface area (Å²) in [4.78, 5) is 13.2. The Labute approximate surface area is 237 Å². The Bertz CT molecular complexity index is 1530. The van der Waals surface area contributed by atoms with Gasteiger partial charge in [-0.15, -0.1) is 0 Å². The standard InChI is InChI=1S/C32H27ClFN3OS/c1-2-28(29-17-16-26(34)20-30(29)33)32(25-8-6-7-23(19-25)21-36-35)24-14-11-22(12-15-24)13-18-31(38)37-39-27-9-4-3-5-10-27/h3-21H,2,35H2,1H3,(H,37,38)/b18-13+,32-28+,36-21-. The molecule has 0 aromatic heterocycles. The molecule has 4 rings (SSSR count). The van der Waals surface area contributed by atoms with Crippen LogP contribution in [0.15, 0.2) is 113 Å². The number of rotatable bonds is 9. The van der Waals surface area contributed by atoms with Crippen LogP contribution in [0.4, 0.5) is 4.39 Å². The van der Waals surface area contributed by atoms with Gasteiger partial charge in [0, 0.05) is 11.0 Å². The predicted molar refractivity (Wildman–Crippen MR) is 162 cm³/mol. The number of nitrogens with one attached hydrogen (secondary N) is 1. The van der Waals surface area contributed by atoms with E-state index in [0.29, 0.717) is 11.4 Å². The molecule has 196 valence electrons. The molecule has 0 saturated carbocycles. The lowest BCUT2D eigenvalue weighted by Crippen LogP contribution is -2.11. The molecule has 0 aliphatic carbocycles. The van der Waals surface area contributed by atoms with Gasteiger partial charge in [0.15, 0.2) is 0 Å². The van der Waals surface area contributed by atoms with Crippen LogP contribution in [0.25, 0.3) is 17.2 Å². The van der Waals surface area contributed by atoms with Gasteiger partial charge in [0.05, 0.1) is 11.2 Å². The molecule has 0 aliphatic heterocycles. The van der Waals surface area contributed by atoms with Crippen LogP contribution >= 0.6 is 23.5 Å². The van der Waals surface area contributed by atoms with Gasteiger partial charge < -0.3 is 5.84 Å². The first-order valence-corrected chi connectivity index (χ1v) is 13.5. The Morgan fingerprint density at radius 3 is 2.41 bits per heavy atom. The Morgan fingerprint density at radius 2 is 1.72 bits per heavy atom. The number of allylic oxidation sites excluding steroid dienone is 1. The Morgan fingerprint density at radius 1 is 0.949 bits per heavy atom. The normalized spacial score (nSPS) is 12.1. The molecule has 4 aromatic rings. The molecule has 3 N–H and O–H groups in total. The molecule has 4 aromatic carbocycles. The minimum absolute atomic E-state index is 0.203. The molecular weight excluding hydrogens is 529 g/mol. The lowest BCUT2D eigenvalue weighted by molar-refractivity contribution is -0.114. The molecule has 4 nitrogen and oxygen atoms in total. The van der Waals surface area contributed by atoms with Crippen LogP contribution in [0.2, 0.25) is 5.02 Å². The summed E-state index contributed by atoms with van der Waals surface area (Å²) in [6.45, 7) is 2.05. The topological polar surface area (TPSA) is 67.5 Å². The molecule has 0 bridgehead atoms. The second-order valence-corrected chi connectivity index (χ2v) is 9.86. The second-order valence-electron chi connectivity index (χ2n) is 8.57. The summed E-state index contributed by atoms with van der Waals surface area (Å²) >= 11 is 7.77. The summed E-state index contributed by atoms with van der Waals surface area (Å²) in [5.41, 5.74) is 6.34. The molecule has 39 heavy (non-hydrogen) atoms. The van der Waals surface area contributed by atoms with Crippen molar-refractivity contribution in [3.05, 3.63) is 142 Å². The highest BCUT2D eigenvalue weighted by molar-refractivity contribution is 7.98. The maximum atomic E-state index is 13.8. The van der Waals surface area contributed by atoms with Gasteiger partial charge in [-0.25, -0.2) is 4.39 Å². The van der Waals surface area contributed by atoms with Crippen LogP contribution < -0.4 is 10.6 Å². The van der Waals surface area contributed by atoms with E-state index in [1.165, 1.54) is 30.2 Å². The Kier molecular flexibility index (Phi) is 9.73. The van der Waals surface area contributed by atoms with E-state index in [2.05, 4.69) is 9.82 Å². The molecule has 0 heterocycles. The number of benzene rings is 4. The van der Waals surface area contributed by atoms with Crippen LogP contribution in [0.3, 0.4) is 0 Å². The molecule has 0 fully saturated rings. The van der Waals surface area contributed by atoms with Crippen molar-refractivity contribution >= 4 is 52.9 Å². The summed E-state index contributed by atoms with van der Waals surface area (Å²) in [5, 5.41) is 4.01. The minimum Gasteiger partial charge on any atom is -0.323 e. The van der Waals surface area contributed by atoms with Gasteiger partial charge in [-0.2, -0.15) is 5.10 Å². The first-order valence-electron chi connectivity index (χ1n) is 12.3. The largest absolute Gasteiger partial charge is 0.323 e. The summed E-state index contributed by atoms with van der Waals surface area (Å²) < 4.78 is 16.7. The van der Waals surface area contributed by atoms with E-state index in [4.69, 9.17) is 17.4 Å². The summed E-state index contributed by atoms with van der Waals surface area (Å²) in [6, 6.07) is 29.9. The number of nitrogens with two attached hydrogens (primary N) is 1. The third kappa shape index (κ3) is 7.47. The van der Waals surface area contributed by atoms with Gasteiger partial charge in [0.25, 0.3) is 5.91 Å². The number of hydrazone groups is 1. The van der Waals surface area contributed by atoms with Crippen molar-refractivity contribution < 1.29 is 9.18 Å². The molecular formula is C32H27ClFN3OS. The van der Waals surface area contributed by atoms with E-state index in [1.807, 2.05) is 85.8 Å². The van der Waals surface area contributed by atoms with E-state index in [-0.39, 0.29) is 11.7 Å². The zero-order chi connectivity index (χ0) is 27.6. The third-order valence-electron chi connectivity index (χ3n) is 5.95. The predicted octanol–water partition coefficient (Wildman–Crippen LogP) is 7.98. The average Bonchev–Trinajstić information content (AvgIpc) is 2.95. The van der Waals surface area contributed by atoms with E-state index >= 15 is 0 Å². The van der Waals surface area contributed by atoms with Gasteiger partial charge >= 0.3 is 0 Å². The maximum absolute atomic E-state index is 13.8. The summed E-state index contributed by atoms with van der Waals surface area (Å²) in [7, 11) is 0. The van der Waals surface area contributed by atoms with Crippen molar-refractivity contribution in [3.8, 4) is 0 Å². The van der Waals surface area contributed by atoms with Crippen molar-refractivity contribution in [3.63, 3.8) is 0 Å². The molecule has 0 atom stereocenters. The number of hydrogen-bond acceptors (Lipinski definition) is 4. The second kappa shape index (κ2) is 13.6. The third-order valence-corrected chi connectivity index (χ3v) is 7.07. The monoisotopic (exact) mass is 555 g/mol. The number of carbonyl (C=O) groups excluding carboxylic acids is 1. The van der Waals surface area contributed by atoms with Crippen molar-refractivity contribution in [1.29, 1.82) is 0 Å². The quantitative estimate of drug-likeness (QED) is 0.0549. The maximum Gasteiger partial charge on any atom is 0.254 e. The zero-order valence-corrected chi connectivity index (χ0v) is 22.8. The number of halogens is 2. The fourth-order valence-electron chi connectivity index (χ4n) is 4.18. The van der Waals surface area contributed by atoms with Gasteiger partial charge in [-0.1, -0.05) is 85.3 Å². The highest BCUT2D eigenvalue weighted by atomic mass is 35.5. The number of hydrogen-bond donors (Lipinski definition) is 2. The van der Waals surface area contributed by atoms with Crippen LogP contribution in [0.5, 0.6) is 0 Å². The van der Waals surface area contributed by atoms with Crippen LogP contribution in [0.1, 0.15) is 41.2 Å². The van der Waals surface area contributed by atoms with Gasteiger partial charge in [-0.05, 0) is 93.7 Å². The summed E-state index contributed by atoms with van der Waals surface area (Å²) in [5.74, 6) is 4.80. The first-order chi connectivity index (χ1) is 19.0. The molecule has 0 saturated heterocycles. The Hall–Kier alpha value is -4.13. The Balaban J connectivity index is 1.67. The number of amides is 1. The van der Waals surface area contributed by atoms with Crippen LogP contribution in [0, 0.1) is 5.82 Å². The zero-order valence-electron chi connectivity index (χ0n) is 21.3. The highest BCUT2D eigenvalue weighted by Crippen LogP contribution is 2.37. The molecule has 0 unspecified atom stereocenters. The molecule has 0 aliphatic rings. The van der Waals surface area contributed by atoms with Crippen molar-refractivity contribution in [2.24, 2.45) is 10.9 Å². The van der Waals surface area contributed by atoms with Gasteiger partial charge in [-0.3, -0.25) is 9.52 Å². The molecule has 0 radical (unpaired) electrons. The number of nitrogens with zero attached hydrogens (tertiary/aromatic N) is 1. The van der Waals surface area contributed by atoms with E-state index in [0.717, 1.165) is 43.9 Å². The lowest BCUT2D eigenvalue weighted by atomic mass is 9.87. The highest BCUT2D eigenvalue weighted by Gasteiger charge is 2.16. The fourth-order valence-corrected chi connectivity index (χ4v) is 5.04. The van der Waals surface area contributed by atoms with E-state index < -0.39 is 0 Å². The summed E-state index contributed by atoms with van der Waals surface area (Å²) in [6.07, 6.45) is 5.53. The van der Waals surface area contributed by atoms with Crippen molar-refractivity contribution in [2.75, 3.05) is 0 Å². The molecule has 1 amide bonds. The fraction of sp³-hybridized carbons (Fsp3) is 0.0625. The smallest absolute Gasteiger partial charge is 0.254 e. The SMILES string of the molecule is CC/C(=C(/c1ccc(/C=C/C(=O)NSc2ccccc2)cc1)c1cccc(/C=N\N)c1)c1ccc(F)cc1Cl. The van der Waals surface area contributed by atoms with Gasteiger partial charge in [0.2, 0.25) is 0 Å². The van der Waals surface area contributed by atoms with E-state index in [9.17, 15) is 9.18 Å².